The standard InChI is InChI=1S/C25H33N3O5/c1-2-3-15-22(28-25(31)33-19-21-13-8-5-9-14-21)23(29)26-16-10-17-27-24(30)32-18-20-11-6-4-7-12-20/h4-9,11-14,22H,2-3,10,15-19H2,1H3,(H,26,29)(H,27,30)(H,28,31). The van der Waals surface area contributed by atoms with E-state index in [-0.39, 0.29) is 19.1 Å². The SMILES string of the molecule is CCCCC(NC(=O)OCc1ccccc1)C(=O)NCCCNC(=O)OCc1ccccc1. The van der Waals surface area contributed by atoms with Crippen molar-refractivity contribution in [1.29, 1.82) is 0 Å². The van der Waals surface area contributed by atoms with Crippen molar-refractivity contribution in [2.24, 2.45) is 0 Å². The van der Waals surface area contributed by atoms with E-state index in [1.165, 1.54) is 0 Å². The van der Waals surface area contributed by atoms with Crippen LogP contribution in [0.1, 0.15) is 43.7 Å². The average molecular weight is 456 g/mol. The monoisotopic (exact) mass is 455 g/mol. The molecule has 0 aliphatic carbocycles. The number of alkyl carbamates (subject to hydrolysis) is 2. The fourth-order valence-electron chi connectivity index (χ4n) is 2.97. The summed E-state index contributed by atoms with van der Waals surface area (Å²) >= 11 is 0. The van der Waals surface area contributed by atoms with E-state index >= 15 is 0 Å². The third-order valence-electron chi connectivity index (χ3n) is 4.80. The zero-order valence-corrected chi connectivity index (χ0v) is 19.0. The van der Waals surface area contributed by atoms with Gasteiger partial charge in [0, 0.05) is 13.1 Å². The van der Waals surface area contributed by atoms with Crippen molar-refractivity contribution in [3.8, 4) is 0 Å². The Kier molecular flexibility index (Phi) is 11.9. The van der Waals surface area contributed by atoms with Crippen LogP contribution in [0.3, 0.4) is 0 Å². The van der Waals surface area contributed by atoms with Gasteiger partial charge in [0.15, 0.2) is 0 Å². The highest BCUT2D eigenvalue weighted by Crippen LogP contribution is 2.04. The second-order valence-electron chi connectivity index (χ2n) is 7.53. The number of ether oxygens (including phenoxy) is 2. The lowest BCUT2D eigenvalue weighted by Gasteiger charge is -2.18. The topological polar surface area (TPSA) is 106 Å². The number of rotatable bonds is 13. The van der Waals surface area contributed by atoms with Gasteiger partial charge in [0.05, 0.1) is 0 Å². The van der Waals surface area contributed by atoms with Gasteiger partial charge >= 0.3 is 12.2 Å². The first-order valence-electron chi connectivity index (χ1n) is 11.3. The van der Waals surface area contributed by atoms with Crippen LogP contribution in [-0.4, -0.2) is 37.2 Å². The normalized spacial score (nSPS) is 11.2. The number of carbonyl (C=O) groups is 3. The van der Waals surface area contributed by atoms with Gasteiger partial charge < -0.3 is 25.4 Å². The molecule has 0 heterocycles. The first-order valence-corrected chi connectivity index (χ1v) is 11.3. The van der Waals surface area contributed by atoms with Crippen LogP contribution in [0.2, 0.25) is 0 Å². The number of hydrogen-bond acceptors (Lipinski definition) is 5. The zero-order chi connectivity index (χ0) is 23.7. The first kappa shape index (κ1) is 25.7. The van der Waals surface area contributed by atoms with Gasteiger partial charge in [0.2, 0.25) is 5.91 Å². The van der Waals surface area contributed by atoms with E-state index in [4.69, 9.17) is 9.47 Å². The second-order valence-corrected chi connectivity index (χ2v) is 7.53. The number of nitrogens with one attached hydrogen (secondary N) is 3. The largest absolute Gasteiger partial charge is 0.445 e. The first-order chi connectivity index (χ1) is 16.1. The van der Waals surface area contributed by atoms with Gasteiger partial charge in [-0.1, -0.05) is 80.4 Å². The van der Waals surface area contributed by atoms with Crippen LogP contribution >= 0.6 is 0 Å². The van der Waals surface area contributed by atoms with Gasteiger partial charge in [0.25, 0.3) is 0 Å². The predicted molar refractivity (Wildman–Crippen MR) is 125 cm³/mol. The van der Waals surface area contributed by atoms with E-state index in [1.807, 2.05) is 67.6 Å². The number of unbranched alkanes of at least 4 members (excludes halogenated alkanes) is 1. The second kappa shape index (κ2) is 15.3. The molecule has 0 aliphatic rings. The molecule has 0 aromatic heterocycles. The van der Waals surface area contributed by atoms with Crippen LogP contribution in [0.25, 0.3) is 0 Å². The summed E-state index contributed by atoms with van der Waals surface area (Å²) in [6.45, 7) is 3.09. The Morgan fingerprint density at radius 1 is 0.758 bits per heavy atom. The molecule has 0 saturated carbocycles. The molecule has 3 N–H and O–H groups in total. The van der Waals surface area contributed by atoms with Gasteiger partial charge in [0.1, 0.15) is 19.3 Å². The summed E-state index contributed by atoms with van der Waals surface area (Å²) in [6.07, 6.45) is 1.62. The Balaban J connectivity index is 1.64. The predicted octanol–water partition coefficient (Wildman–Crippen LogP) is 3.90. The Morgan fingerprint density at radius 2 is 1.30 bits per heavy atom. The van der Waals surface area contributed by atoms with Gasteiger partial charge in [-0.25, -0.2) is 9.59 Å². The number of benzene rings is 2. The Labute approximate surface area is 195 Å². The van der Waals surface area contributed by atoms with Crippen LogP contribution in [0.4, 0.5) is 9.59 Å². The molecule has 0 spiro atoms. The molecule has 2 aromatic rings. The van der Waals surface area contributed by atoms with E-state index in [1.54, 1.807) is 0 Å². The lowest BCUT2D eigenvalue weighted by Crippen LogP contribution is -2.47. The van der Waals surface area contributed by atoms with E-state index in [2.05, 4.69) is 16.0 Å². The van der Waals surface area contributed by atoms with Gasteiger partial charge in [-0.3, -0.25) is 4.79 Å². The van der Waals surface area contributed by atoms with Crippen molar-refractivity contribution >= 4 is 18.1 Å². The highest BCUT2D eigenvalue weighted by atomic mass is 16.6. The molecular weight excluding hydrogens is 422 g/mol. The van der Waals surface area contributed by atoms with Crippen LogP contribution in [-0.2, 0) is 27.5 Å². The molecule has 3 amide bonds. The molecular formula is C25H33N3O5. The van der Waals surface area contributed by atoms with E-state index in [9.17, 15) is 14.4 Å². The van der Waals surface area contributed by atoms with Crippen LogP contribution in [0.5, 0.6) is 0 Å². The minimum atomic E-state index is -0.669. The molecule has 0 saturated heterocycles. The summed E-state index contributed by atoms with van der Waals surface area (Å²) in [5, 5.41) is 8.10. The summed E-state index contributed by atoms with van der Waals surface area (Å²) in [6, 6.07) is 18.1. The summed E-state index contributed by atoms with van der Waals surface area (Å²) < 4.78 is 10.4. The molecule has 178 valence electrons. The van der Waals surface area contributed by atoms with Crippen LogP contribution in [0.15, 0.2) is 60.7 Å². The number of hydrogen-bond donors (Lipinski definition) is 3. The van der Waals surface area contributed by atoms with Crippen molar-refractivity contribution in [3.63, 3.8) is 0 Å². The van der Waals surface area contributed by atoms with Crippen molar-refractivity contribution in [1.82, 2.24) is 16.0 Å². The van der Waals surface area contributed by atoms with Gasteiger partial charge in [-0.15, -0.1) is 0 Å². The Hall–Kier alpha value is -3.55. The fraction of sp³-hybridized carbons (Fsp3) is 0.400. The number of amides is 3. The van der Waals surface area contributed by atoms with Crippen LogP contribution in [0, 0.1) is 0 Å². The number of carbonyl (C=O) groups excluding carboxylic acids is 3. The van der Waals surface area contributed by atoms with Crippen molar-refractivity contribution < 1.29 is 23.9 Å². The molecule has 2 rings (SSSR count). The molecule has 0 aliphatic heterocycles. The van der Waals surface area contributed by atoms with Crippen LogP contribution < -0.4 is 16.0 Å². The summed E-state index contributed by atoms with van der Waals surface area (Å²) in [4.78, 5) is 36.4. The molecule has 0 radical (unpaired) electrons. The molecule has 0 bridgehead atoms. The molecule has 1 atom stereocenters. The maximum Gasteiger partial charge on any atom is 0.408 e. The molecule has 1 unspecified atom stereocenters. The van der Waals surface area contributed by atoms with Crippen molar-refractivity contribution in [2.45, 2.75) is 51.9 Å². The molecule has 8 heteroatoms. The molecule has 33 heavy (non-hydrogen) atoms. The van der Waals surface area contributed by atoms with Crippen molar-refractivity contribution in [2.75, 3.05) is 13.1 Å². The van der Waals surface area contributed by atoms with E-state index < -0.39 is 18.2 Å². The summed E-state index contributed by atoms with van der Waals surface area (Å²) in [5.41, 5.74) is 1.78. The fourth-order valence-corrected chi connectivity index (χ4v) is 2.97. The molecule has 0 fully saturated rings. The van der Waals surface area contributed by atoms with Gasteiger partial charge in [-0.2, -0.15) is 0 Å². The minimum absolute atomic E-state index is 0.140. The zero-order valence-electron chi connectivity index (χ0n) is 19.0. The highest BCUT2D eigenvalue weighted by Gasteiger charge is 2.20. The van der Waals surface area contributed by atoms with Crippen molar-refractivity contribution in [3.05, 3.63) is 71.8 Å². The Bertz CT molecular complexity index is 846. The van der Waals surface area contributed by atoms with E-state index in [0.29, 0.717) is 25.9 Å². The lowest BCUT2D eigenvalue weighted by atomic mass is 10.1. The molecule has 2 aromatic carbocycles. The summed E-state index contributed by atoms with van der Waals surface area (Å²) in [5.74, 6) is -0.272. The average Bonchev–Trinajstić information content (AvgIpc) is 2.85. The Morgan fingerprint density at radius 3 is 1.88 bits per heavy atom. The molecule has 8 nitrogen and oxygen atoms in total. The highest BCUT2D eigenvalue weighted by molar-refractivity contribution is 5.85. The van der Waals surface area contributed by atoms with Gasteiger partial charge in [-0.05, 0) is 24.0 Å². The van der Waals surface area contributed by atoms with E-state index in [0.717, 1.165) is 24.0 Å². The maximum absolute atomic E-state index is 12.5. The minimum Gasteiger partial charge on any atom is -0.445 e. The summed E-state index contributed by atoms with van der Waals surface area (Å²) in [7, 11) is 0. The quantitative estimate of drug-likeness (QED) is 0.397. The maximum atomic E-state index is 12.5. The third kappa shape index (κ3) is 11.0. The smallest absolute Gasteiger partial charge is 0.408 e. The third-order valence-corrected chi connectivity index (χ3v) is 4.80. The lowest BCUT2D eigenvalue weighted by molar-refractivity contribution is -0.123.